The van der Waals surface area contributed by atoms with Crippen LogP contribution in [0.15, 0.2) is 54.7 Å². The van der Waals surface area contributed by atoms with Gasteiger partial charge >= 0.3 is 18.7 Å². The van der Waals surface area contributed by atoms with E-state index in [0.29, 0.717) is 23.0 Å². The predicted molar refractivity (Wildman–Crippen MR) is 120 cm³/mol. The number of piperidine rings is 1. The van der Waals surface area contributed by atoms with Crippen LogP contribution in [-0.2, 0) is 4.79 Å². The van der Waals surface area contributed by atoms with E-state index in [-0.39, 0.29) is 23.4 Å². The van der Waals surface area contributed by atoms with Crippen molar-refractivity contribution >= 4 is 40.2 Å². The van der Waals surface area contributed by atoms with E-state index in [0.717, 1.165) is 6.42 Å². The van der Waals surface area contributed by atoms with Crippen molar-refractivity contribution in [3.05, 3.63) is 54.7 Å². The Morgan fingerprint density at radius 1 is 1.06 bits per heavy atom. The van der Waals surface area contributed by atoms with E-state index < -0.39 is 30.6 Å². The summed E-state index contributed by atoms with van der Waals surface area (Å²) in [6.45, 7) is -2.98. The second-order valence-corrected chi connectivity index (χ2v) is 8.32. The number of carbonyl (C=O) groups excluding carboxylic acids is 3. The number of likely N-dealkylation sites (tertiary alicyclic amines) is 1. The smallest absolute Gasteiger partial charge is 0.387 e. The molecule has 5 rings (SSSR count). The SMILES string of the molecule is NC(=O)n1cc(NC(=O)N2[C@@H]3C[C@@H]3C[C@H]2C(=O)Nc2cccc(OC(F)F)c2)c2ccccc21. The number of hydrogen-bond acceptors (Lipinski definition) is 4. The van der Waals surface area contributed by atoms with Crippen molar-refractivity contribution in [3.8, 4) is 5.75 Å². The average Bonchev–Trinajstić information content (AvgIpc) is 3.29. The first-order valence-corrected chi connectivity index (χ1v) is 10.7. The molecule has 3 aromatic rings. The molecule has 176 valence electrons. The highest BCUT2D eigenvalue weighted by molar-refractivity contribution is 6.06. The Morgan fingerprint density at radius 2 is 1.85 bits per heavy atom. The third-order valence-electron chi connectivity index (χ3n) is 6.16. The molecule has 2 aromatic carbocycles. The maximum absolute atomic E-state index is 13.2. The summed E-state index contributed by atoms with van der Waals surface area (Å²) in [5, 5.41) is 6.14. The molecule has 0 bridgehead atoms. The van der Waals surface area contributed by atoms with Crippen LogP contribution in [0.4, 0.5) is 29.7 Å². The number of primary amides is 1. The fraction of sp³-hybridized carbons (Fsp3) is 0.261. The summed E-state index contributed by atoms with van der Waals surface area (Å²) in [4.78, 5) is 39.5. The van der Waals surface area contributed by atoms with Gasteiger partial charge < -0.3 is 26.0 Å². The van der Waals surface area contributed by atoms with Crippen LogP contribution in [0.2, 0.25) is 0 Å². The van der Waals surface area contributed by atoms with E-state index >= 15 is 0 Å². The second kappa shape index (κ2) is 8.32. The number of rotatable bonds is 5. The van der Waals surface area contributed by atoms with Crippen LogP contribution in [0.3, 0.4) is 0 Å². The summed E-state index contributed by atoms with van der Waals surface area (Å²) in [5.41, 5.74) is 6.68. The van der Waals surface area contributed by atoms with E-state index in [1.165, 1.54) is 33.9 Å². The molecule has 4 amide bonds. The molecule has 2 aliphatic rings. The molecular formula is C23H21F2N5O4. The van der Waals surface area contributed by atoms with E-state index in [1.807, 2.05) is 0 Å². The number of benzene rings is 2. The molecule has 34 heavy (non-hydrogen) atoms. The van der Waals surface area contributed by atoms with Crippen molar-refractivity contribution in [1.82, 2.24) is 9.47 Å². The molecule has 1 aliphatic carbocycles. The van der Waals surface area contributed by atoms with Gasteiger partial charge in [-0.3, -0.25) is 9.36 Å². The summed E-state index contributed by atoms with van der Waals surface area (Å²) in [6, 6.07) is 10.7. The molecule has 2 fully saturated rings. The fourth-order valence-electron chi connectivity index (χ4n) is 4.60. The van der Waals surface area contributed by atoms with Gasteiger partial charge in [-0.1, -0.05) is 24.3 Å². The minimum atomic E-state index is -2.98. The second-order valence-electron chi connectivity index (χ2n) is 8.32. The number of alkyl halides is 2. The molecular weight excluding hydrogens is 448 g/mol. The molecule has 1 aromatic heterocycles. The molecule has 1 aliphatic heterocycles. The zero-order chi connectivity index (χ0) is 24.0. The molecule has 1 saturated carbocycles. The van der Waals surface area contributed by atoms with E-state index in [1.54, 1.807) is 30.3 Å². The third-order valence-corrected chi connectivity index (χ3v) is 6.16. The number of nitrogens with one attached hydrogen (secondary N) is 2. The maximum Gasteiger partial charge on any atom is 0.387 e. The van der Waals surface area contributed by atoms with E-state index in [9.17, 15) is 23.2 Å². The Labute approximate surface area is 192 Å². The normalized spacial score (nSPS) is 20.8. The first-order chi connectivity index (χ1) is 16.3. The zero-order valence-electron chi connectivity index (χ0n) is 17.8. The summed E-state index contributed by atoms with van der Waals surface area (Å²) in [6.07, 6.45) is 2.76. The Bertz CT molecular complexity index is 1290. The lowest BCUT2D eigenvalue weighted by Crippen LogP contribution is -2.47. The number of urea groups is 1. The number of ether oxygens (including phenoxy) is 1. The van der Waals surface area contributed by atoms with Gasteiger partial charge in [-0.2, -0.15) is 8.78 Å². The van der Waals surface area contributed by atoms with Crippen molar-refractivity contribution in [2.24, 2.45) is 11.7 Å². The Kier molecular flexibility index (Phi) is 5.31. The number of halogens is 2. The van der Waals surface area contributed by atoms with Crippen molar-refractivity contribution in [2.45, 2.75) is 31.5 Å². The van der Waals surface area contributed by atoms with Crippen LogP contribution in [0.5, 0.6) is 5.75 Å². The van der Waals surface area contributed by atoms with Crippen LogP contribution < -0.4 is 21.1 Å². The van der Waals surface area contributed by atoms with Gasteiger partial charge in [0.05, 0.1) is 11.2 Å². The molecule has 0 radical (unpaired) electrons. The minimum Gasteiger partial charge on any atom is -0.435 e. The predicted octanol–water partition coefficient (Wildman–Crippen LogP) is 3.80. The van der Waals surface area contributed by atoms with Gasteiger partial charge in [-0.25, -0.2) is 9.59 Å². The highest BCUT2D eigenvalue weighted by Crippen LogP contribution is 2.48. The van der Waals surface area contributed by atoms with Crippen LogP contribution in [0.1, 0.15) is 12.8 Å². The number of hydrogen-bond donors (Lipinski definition) is 3. The van der Waals surface area contributed by atoms with Crippen molar-refractivity contribution in [2.75, 3.05) is 10.6 Å². The Hall–Kier alpha value is -4.15. The molecule has 1 saturated heterocycles. The number of aromatic nitrogens is 1. The van der Waals surface area contributed by atoms with Crippen molar-refractivity contribution in [1.29, 1.82) is 0 Å². The first-order valence-electron chi connectivity index (χ1n) is 10.7. The van der Waals surface area contributed by atoms with Gasteiger partial charge in [0.1, 0.15) is 11.8 Å². The molecule has 2 heterocycles. The molecule has 9 nitrogen and oxygen atoms in total. The highest BCUT2D eigenvalue weighted by atomic mass is 19.3. The first kappa shape index (κ1) is 21.7. The molecule has 3 atom stereocenters. The quantitative estimate of drug-likeness (QED) is 0.527. The standard InChI is InChI=1S/C23H21F2N5O4/c24-21(25)34-14-5-3-4-13(10-14)27-20(31)19-9-12-8-18(12)30(19)23(33)28-16-11-29(22(26)32)17-7-2-1-6-15(16)17/h1-7,10-12,18-19,21H,8-9H2,(H2,26,32)(H,27,31)(H,28,33)/t12-,18-,19+/m1/s1. The number of para-hydroxylation sites is 1. The minimum absolute atomic E-state index is 0.0614. The molecule has 11 heteroatoms. The summed E-state index contributed by atoms with van der Waals surface area (Å²) in [5.74, 6) is -0.277. The lowest BCUT2D eigenvalue weighted by molar-refractivity contribution is -0.120. The van der Waals surface area contributed by atoms with E-state index in [4.69, 9.17) is 5.73 Å². The lowest BCUT2D eigenvalue weighted by Gasteiger charge is -2.27. The van der Waals surface area contributed by atoms with Crippen LogP contribution in [-0.4, -0.2) is 46.1 Å². The van der Waals surface area contributed by atoms with Crippen LogP contribution in [0, 0.1) is 5.92 Å². The molecule has 0 unspecified atom stereocenters. The number of anilines is 2. The van der Waals surface area contributed by atoms with Crippen LogP contribution >= 0.6 is 0 Å². The van der Waals surface area contributed by atoms with Crippen molar-refractivity contribution < 1.29 is 27.9 Å². The fourth-order valence-corrected chi connectivity index (χ4v) is 4.60. The molecule has 0 spiro atoms. The number of carbonyl (C=O) groups is 3. The monoisotopic (exact) mass is 469 g/mol. The Balaban J connectivity index is 1.34. The summed E-state index contributed by atoms with van der Waals surface area (Å²) in [7, 11) is 0. The zero-order valence-corrected chi connectivity index (χ0v) is 17.8. The summed E-state index contributed by atoms with van der Waals surface area (Å²) >= 11 is 0. The average molecular weight is 469 g/mol. The lowest BCUT2D eigenvalue weighted by atomic mass is 10.1. The Morgan fingerprint density at radius 3 is 2.62 bits per heavy atom. The maximum atomic E-state index is 13.2. The topological polar surface area (TPSA) is 119 Å². The van der Waals surface area contributed by atoms with Gasteiger partial charge in [-0.15, -0.1) is 0 Å². The van der Waals surface area contributed by atoms with Gasteiger partial charge in [0.15, 0.2) is 0 Å². The summed E-state index contributed by atoms with van der Waals surface area (Å²) < 4.78 is 30.6. The van der Waals surface area contributed by atoms with Crippen molar-refractivity contribution in [3.63, 3.8) is 0 Å². The number of amides is 4. The van der Waals surface area contributed by atoms with Gasteiger partial charge in [0, 0.05) is 29.4 Å². The number of fused-ring (bicyclic) bond motifs is 2. The number of nitrogens with two attached hydrogens (primary N) is 1. The van der Waals surface area contributed by atoms with Gasteiger partial charge in [0.25, 0.3) is 0 Å². The van der Waals surface area contributed by atoms with Gasteiger partial charge in [0.2, 0.25) is 5.91 Å². The number of nitrogens with zero attached hydrogens (tertiary/aromatic N) is 2. The van der Waals surface area contributed by atoms with Crippen LogP contribution in [0.25, 0.3) is 10.9 Å². The largest absolute Gasteiger partial charge is 0.435 e. The highest BCUT2D eigenvalue weighted by Gasteiger charge is 2.56. The van der Waals surface area contributed by atoms with E-state index in [2.05, 4.69) is 15.4 Å². The molecule has 4 N–H and O–H groups in total. The third kappa shape index (κ3) is 4.00. The van der Waals surface area contributed by atoms with Gasteiger partial charge in [-0.05, 0) is 37.0 Å².